The summed E-state index contributed by atoms with van der Waals surface area (Å²) in [6.07, 6.45) is -0.0491. The molecule has 0 spiro atoms. The van der Waals surface area contributed by atoms with Gasteiger partial charge in [-0.15, -0.1) is 0 Å². The molecule has 3 nitrogen and oxygen atoms in total. The second-order valence-corrected chi connectivity index (χ2v) is 3.43. The molecule has 0 aliphatic rings. The van der Waals surface area contributed by atoms with Crippen molar-refractivity contribution < 1.29 is 13.9 Å². The molecule has 0 aromatic heterocycles. The van der Waals surface area contributed by atoms with Crippen molar-refractivity contribution >= 4 is 5.69 Å². The molecule has 0 saturated heterocycles. The number of hydrogen-bond acceptors (Lipinski definition) is 3. The summed E-state index contributed by atoms with van der Waals surface area (Å²) in [6.45, 7) is 2.60. The Hall–Kier alpha value is -1.13. The van der Waals surface area contributed by atoms with Gasteiger partial charge in [-0.25, -0.2) is 4.39 Å². The molecule has 1 aromatic rings. The van der Waals surface area contributed by atoms with E-state index in [1.807, 2.05) is 6.92 Å². The fourth-order valence-corrected chi connectivity index (χ4v) is 1.20. The zero-order valence-electron chi connectivity index (χ0n) is 9.00. The largest absolute Gasteiger partial charge is 0.399 e. The van der Waals surface area contributed by atoms with Crippen molar-refractivity contribution in [3.63, 3.8) is 0 Å². The number of nitrogens with two attached hydrogens (primary N) is 1. The quantitative estimate of drug-likeness (QED) is 0.760. The lowest BCUT2D eigenvalue weighted by atomic mass is 10.2. The van der Waals surface area contributed by atoms with Crippen LogP contribution in [0.4, 0.5) is 10.1 Å². The van der Waals surface area contributed by atoms with Gasteiger partial charge in [0.1, 0.15) is 5.82 Å². The Bertz CT molecular complexity index is 317. The average molecular weight is 213 g/mol. The van der Waals surface area contributed by atoms with E-state index in [1.54, 1.807) is 19.2 Å². The van der Waals surface area contributed by atoms with Crippen LogP contribution in [-0.4, -0.2) is 19.8 Å². The molecule has 0 radical (unpaired) electrons. The van der Waals surface area contributed by atoms with Gasteiger partial charge in [0.15, 0.2) is 0 Å². The van der Waals surface area contributed by atoms with E-state index in [0.29, 0.717) is 17.9 Å². The third-order valence-electron chi connectivity index (χ3n) is 2.00. The van der Waals surface area contributed by atoms with Gasteiger partial charge in [-0.2, -0.15) is 0 Å². The summed E-state index contributed by atoms with van der Waals surface area (Å²) in [6, 6.07) is 4.58. The SMILES string of the molecule is COCC(C)OCc1ccc(N)cc1F. The van der Waals surface area contributed by atoms with Crippen molar-refractivity contribution in [1.82, 2.24) is 0 Å². The summed E-state index contributed by atoms with van der Waals surface area (Å²) in [7, 11) is 1.60. The highest BCUT2D eigenvalue weighted by atomic mass is 19.1. The third-order valence-corrected chi connectivity index (χ3v) is 2.00. The Morgan fingerprint density at radius 3 is 2.80 bits per heavy atom. The first kappa shape index (κ1) is 11.9. The third kappa shape index (κ3) is 3.85. The molecule has 0 aliphatic carbocycles. The van der Waals surface area contributed by atoms with Crippen molar-refractivity contribution in [2.75, 3.05) is 19.5 Å². The van der Waals surface area contributed by atoms with Crippen LogP contribution in [0.3, 0.4) is 0 Å². The van der Waals surface area contributed by atoms with Crippen LogP contribution in [0.2, 0.25) is 0 Å². The summed E-state index contributed by atoms with van der Waals surface area (Å²) in [5.74, 6) is -0.334. The van der Waals surface area contributed by atoms with E-state index in [4.69, 9.17) is 15.2 Å². The van der Waals surface area contributed by atoms with E-state index < -0.39 is 0 Å². The van der Waals surface area contributed by atoms with Gasteiger partial charge in [-0.3, -0.25) is 0 Å². The molecule has 0 saturated carbocycles. The maximum atomic E-state index is 13.3. The van der Waals surface area contributed by atoms with Gasteiger partial charge in [-0.1, -0.05) is 6.07 Å². The minimum Gasteiger partial charge on any atom is -0.399 e. The summed E-state index contributed by atoms with van der Waals surface area (Å²) < 4.78 is 23.6. The zero-order valence-corrected chi connectivity index (χ0v) is 9.00. The van der Waals surface area contributed by atoms with Gasteiger partial charge in [0.2, 0.25) is 0 Å². The van der Waals surface area contributed by atoms with Crippen LogP contribution in [0.15, 0.2) is 18.2 Å². The lowest BCUT2D eigenvalue weighted by Gasteiger charge is -2.12. The highest BCUT2D eigenvalue weighted by Crippen LogP contribution is 2.13. The van der Waals surface area contributed by atoms with Gasteiger partial charge in [0.25, 0.3) is 0 Å². The minimum absolute atomic E-state index is 0.0491. The Morgan fingerprint density at radius 2 is 2.20 bits per heavy atom. The second kappa shape index (κ2) is 5.68. The predicted molar refractivity (Wildman–Crippen MR) is 56.9 cm³/mol. The molecule has 0 amide bonds. The average Bonchev–Trinajstić information content (AvgIpc) is 2.17. The molecular formula is C11H16FNO2. The number of halogens is 1. The molecule has 4 heteroatoms. The lowest BCUT2D eigenvalue weighted by molar-refractivity contribution is -0.00109. The summed E-state index contributed by atoms with van der Waals surface area (Å²) in [4.78, 5) is 0. The van der Waals surface area contributed by atoms with E-state index in [2.05, 4.69) is 0 Å². The number of rotatable bonds is 5. The number of anilines is 1. The number of nitrogen functional groups attached to an aromatic ring is 1. The molecule has 0 aliphatic heterocycles. The second-order valence-electron chi connectivity index (χ2n) is 3.43. The molecule has 84 valence electrons. The molecule has 1 aromatic carbocycles. The van der Waals surface area contributed by atoms with E-state index in [-0.39, 0.29) is 18.5 Å². The first-order valence-corrected chi connectivity index (χ1v) is 4.78. The Kier molecular flexibility index (Phi) is 4.52. The van der Waals surface area contributed by atoms with Crippen LogP contribution in [0.5, 0.6) is 0 Å². The summed E-state index contributed by atoms with van der Waals surface area (Å²) in [5.41, 5.74) is 6.35. The molecule has 0 bridgehead atoms. The lowest BCUT2D eigenvalue weighted by Crippen LogP contribution is -2.14. The summed E-state index contributed by atoms with van der Waals surface area (Å²) in [5, 5.41) is 0. The first-order valence-electron chi connectivity index (χ1n) is 4.78. The number of hydrogen-bond donors (Lipinski definition) is 1. The molecule has 1 unspecified atom stereocenters. The van der Waals surface area contributed by atoms with Crippen LogP contribution in [-0.2, 0) is 16.1 Å². The molecular weight excluding hydrogens is 197 g/mol. The van der Waals surface area contributed by atoms with E-state index in [9.17, 15) is 4.39 Å². The number of methoxy groups -OCH3 is 1. The molecule has 1 rings (SSSR count). The van der Waals surface area contributed by atoms with E-state index >= 15 is 0 Å². The zero-order chi connectivity index (χ0) is 11.3. The van der Waals surface area contributed by atoms with E-state index in [0.717, 1.165) is 0 Å². The number of ether oxygens (including phenoxy) is 2. The van der Waals surface area contributed by atoms with Crippen molar-refractivity contribution in [3.05, 3.63) is 29.6 Å². The molecule has 2 N–H and O–H groups in total. The van der Waals surface area contributed by atoms with Crippen molar-refractivity contribution in [2.24, 2.45) is 0 Å². The highest BCUT2D eigenvalue weighted by Gasteiger charge is 2.06. The van der Waals surface area contributed by atoms with E-state index in [1.165, 1.54) is 6.07 Å². The van der Waals surface area contributed by atoms with Crippen LogP contribution in [0, 0.1) is 5.82 Å². The van der Waals surface area contributed by atoms with Crippen LogP contribution in [0.25, 0.3) is 0 Å². The van der Waals surface area contributed by atoms with Gasteiger partial charge < -0.3 is 15.2 Å². The Morgan fingerprint density at radius 1 is 1.47 bits per heavy atom. The highest BCUT2D eigenvalue weighted by molar-refractivity contribution is 5.40. The maximum Gasteiger partial charge on any atom is 0.130 e. The van der Waals surface area contributed by atoms with Gasteiger partial charge in [-0.05, 0) is 19.1 Å². The molecule has 15 heavy (non-hydrogen) atoms. The molecule has 0 heterocycles. The minimum atomic E-state index is -0.334. The predicted octanol–water partition coefficient (Wildman–Crippen LogP) is 1.96. The monoisotopic (exact) mass is 213 g/mol. The Balaban J connectivity index is 2.50. The van der Waals surface area contributed by atoms with Crippen LogP contribution in [0.1, 0.15) is 12.5 Å². The van der Waals surface area contributed by atoms with Crippen LogP contribution < -0.4 is 5.73 Å². The normalized spacial score (nSPS) is 12.7. The fourth-order valence-electron chi connectivity index (χ4n) is 1.20. The summed E-state index contributed by atoms with van der Waals surface area (Å²) >= 11 is 0. The topological polar surface area (TPSA) is 44.5 Å². The van der Waals surface area contributed by atoms with Crippen LogP contribution >= 0.6 is 0 Å². The molecule has 0 fully saturated rings. The van der Waals surface area contributed by atoms with Crippen molar-refractivity contribution in [2.45, 2.75) is 19.6 Å². The van der Waals surface area contributed by atoms with Crippen molar-refractivity contribution in [3.8, 4) is 0 Å². The first-order chi connectivity index (χ1) is 7.13. The standard InChI is InChI=1S/C11H16FNO2/c1-8(6-14-2)15-7-9-3-4-10(13)5-11(9)12/h3-5,8H,6-7,13H2,1-2H3. The fraction of sp³-hybridized carbons (Fsp3) is 0.455. The van der Waals surface area contributed by atoms with Crippen molar-refractivity contribution in [1.29, 1.82) is 0 Å². The maximum absolute atomic E-state index is 13.3. The van der Waals surface area contributed by atoms with Gasteiger partial charge in [0.05, 0.1) is 19.3 Å². The molecule has 1 atom stereocenters. The smallest absolute Gasteiger partial charge is 0.130 e. The van der Waals surface area contributed by atoms with Gasteiger partial charge >= 0.3 is 0 Å². The Labute approximate surface area is 89.0 Å². The van der Waals surface area contributed by atoms with Gasteiger partial charge in [0, 0.05) is 18.4 Å². The number of benzene rings is 1.